The number of hydrogen-bond donors (Lipinski definition) is 2. The van der Waals surface area contributed by atoms with Crippen molar-refractivity contribution in [1.82, 2.24) is 4.90 Å². The molecule has 19 heavy (non-hydrogen) atoms. The van der Waals surface area contributed by atoms with Gasteiger partial charge in [0.25, 0.3) is 5.91 Å². The summed E-state index contributed by atoms with van der Waals surface area (Å²) in [6, 6.07) is 4.86. The first-order chi connectivity index (χ1) is 9.00. The van der Waals surface area contributed by atoms with Crippen molar-refractivity contribution in [2.24, 2.45) is 5.73 Å². The Morgan fingerprint density at radius 2 is 2.21 bits per heavy atom. The number of piperidine rings is 1. The van der Waals surface area contributed by atoms with Gasteiger partial charge in [-0.3, -0.25) is 4.79 Å². The van der Waals surface area contributed by atoms with Gasteiger partial charge in [0.2, 0.25) is 0 Å². The molecule has 1 aromatic carbocycles. The van der Waals surface area contributed by atoms with E-state index >= 15 is 0 Å². The van der Waals surface area contributed by atoms with Gasteiger partial charge in [-0.2, -0.15) is 0 Å². The number of carbonyl (C=O) groups is 1. The number of carbonyl (C=O) groups excluding carboxylic acids is 1. The fraction of sp³-hybridized carbons (Fsp3) is 0.429. The van der Waals surface area contributed by atoms with Crippen LogP contribution < -0.4 is 5.73 Å². The number of benzene rings is 1. The van der Waals surface area contributed by atoms with Gasteiger partial charge in [-0.25, -0.2) is 0 Å². The number of amides is 1. The zero-order valence-electron chi connectivity index (χ0n) is 10.9. The van der Waals surface area contributed by atoms with Crippen LogP contribution in [-0.2, 0) is 0 Å². The van der Waals surface area contributed by atoms with Gasteiger partial charge in [-0.15, -0.1) is 0 Å². The highest BCUT2D eigenvalue weighted by molar-refractivity contribution is 7.80. The molecule has 4 nitrogen and oxygen atoms in total. The summed E-state index contributed by atoms with van der Waals surface area (Å²) in [4.78, 5) is 14.5. The number of rotatable bonds is 2. The van der Waals surface area contributed by atoms with E-state index in [1.54, 1.807) is 17.0 Å². The second kappa shape index (κ2) is 5.57. The molecule has 1 saturated heterocycles. The number of aryl methyl sites for hydroxylation is 1. The van der Waals surface area contributed by atoms with Crippen molar-refractivity contribution in [3.05, 3.63) is 29.3 Å². The highest BCUT2D eigenvalue weighted by Gasteiger charge is 2.30. The predicted molar refractivity (Wildman–Crippen MR) is 78.3 cm³/mol. The van der Waals surface area contributed by atoms with Gasteiger partial charge in [0.1, 0.15) is 5.75 Å². The fourth-order valence-electron chi connectivity index (χ4n) is 2.45. The summed E-state index contributed by atoms with van der Waals surface area (Å²) in [5, 5.41) is 9.91. The first-order valence-corrected chi connectivity index (χ1v) is 6.81. The Balaban J connectivity index is 2.28. The Hall–Kier alpha value is -1.62. The summed E-state index contributed by atoms with van der Waals surface area (Å²) in [5.41, 5.74) is 6.94. The molecule has 0 bridgehead atoms. The number of hydrogen-bond acceptors (Lipinski definition) is 3. The number of aromatic hydroxyl groups is 1. The number of nitrogens with two attached hydrogens (primary N) is 1. The number of phenols is 1. The molecule has 0 spiro atoms. The van der Waals surface area contributed by atoms with Crippen LogP contribution >= 0.6 is 12.2 Å². The normalized spacial score (nSPS) is 19.2. The van der Waals surface area contributed by atoms with Crippen LogP contribution in [0.5, 0.6) is 5.75 Å². The van der Waals surface area contributed by atoms with Gasteiger partial charge >= 0.3 is 0 Å². The molecule has 1 atom stereocenters. The topological polar surface area (TPSA) is 66.6 Å². The predicted octanol–water partition coefficient (Wildman–Crippen LogP) is 1.98. The zero-order chi connectivity index (χ0) is 14.0. The SMILES string of the molecule is Cc1ccc(C(=O)N2CCCCC2C(N)=S)c(O)c1. The van der Waals surface area contributed by atoms with E-state index in [0.29, 0.717) is 17.1 Å². The molecule has 5 heteroatoms. The lowest BCUT2D eigenvalue weighted by atomic mass is 10.00. The molecule has 0 saturated carbocycles. The van der Waals surface area contributed by atoms with E-state index in [1.165, 1.54) is 0 Å². The number of phenolic OH excluding ortho intramolecular Hbond substituents is 1. The van der Waals surface area contributed by atoms with Gasteiger partial charge in [0.15, 0.2) is 0 Å². The highest BCUT2D eigenvalue weighted by Crippen LogP contribution is 2.25. The van der Waals surface area contributed by atoms with Crippen LogP contribution in [0.1, 0.15) is 35.2 Å². The van der Waals surface area contributed by atoms with Crippen molar-refractivity contribution in [2.75, 3.05) is 6.54 Å². The molecule has 0 radical (unpaired) electrons. The van der Waals surface area contributed by atoms with E-state index in [2.05, 4.69) is 0 Å². The Labute approximate surface area is 118 Å². The lowest BCUT2D eigenvalue weighted by Crippen LogP contribution is -2.49. The van der Waals surface area contributed by atoms with Crippen LogP contribution in [-0.4, -0.2) is 33.5 Å². The van der Waals surface area contributed by atoms with E-state index in [-0.39, 0.29) is 17.7 Å². The minimum absolute atomic E-state index is 0.0114. The average Bonchev–Trinajstić information content (AvgIpc) is 2.38. The van der Waals surface area contributed by atoms with Crippen LogP contribution in [0.25, 0.3) is 0 Å². The molecule has 102 valence electrons. The molecular formula is C14H18N2O2S. The van der Waals surface area contributed by atoms with Crippen LogP contribution in [0.4, 0.5) is 0 Å². The quantitative estimate of drug-likeness (QED) is 0.812. The number of nitrogens with zero attached hydrogens (tertiary/aromatic N) is 1. The van der Waals surface area contributed by atoms with Crippen LogP contribution in [0, 0.1) is 6.92 Å². The van der Waals surface area contributed by atoms with E-state index < -0.39 is 0 Å². The van der Waals surface area contributed by atoms with E-state index in [4.69, 9.17) is 18.0 Å². The minimum Gasteiger partial charge on any atom is -0.507 e. The van der Waals surface area contributed by atoms with E-state index in [0.717, 1.165) is 24.8 Å². The third-order valence-corrected chi connectivity index (χ3v) is 3.75. The van der Waals surface area contributed by atoms with Crippen LogP contribution in [0.3, 0.4) is 0 Å². The van der Waals surface area contributed by atoms with Gasteiger partial charge in [0.05, 0.1) is 16.6 Å². The molecule has 1 aromatic rings. The maximum absolute atomic E-state index is 12.5. The van der Waals surface area contributed by atoms with Crippen molar-refractivity contribution in [1.29, 1.82) is 0 Å². The van der Waals surface area contributed by atoms with E-state index in [9.17, 15) is 9.90 Å². The van der Waals surface area contributed by atoms with Gasteiger partial charge in [0, 0.05) is 6.54 Å². The Kier molecular flexibility index (Phi) is 4.04. The number of likely N-dealkylation sites (tertiary alicyclic amines) is 1. The maximum atomic E-state index is 12.5. The summed E-state index contributed by atoms with van der Waals surface area (Å²) >= 11 is 5.04. The monoisotopic (exact) mass is 278 g/mol. The molecule has 2 rings (SSSR count). The molecule has 1 amide bonds. The number of thiocarbonyl (C=S) groups is 1. The molecule has 0 aromatic heterocycles. The largest absolute Gasteiger partial charge is 0.507 e. The van der Waals surface area contributed by atoms with Gasteiger partial charge in [-0.1, -0.05) is 18.3 Å². The Morgan fingerprint density at radius 3 is 2.84 bits per heavy atom. The molecule has 0 aliphatic carbocycles. The van der Waals surface area contributed by atoms with Gasteiger partial charge in [-0.05, 0) is 43.9 Å². The molecule has 1 aliphatic rings. The smallest absolute Gasteiger partial charge is 0.258 e. The first kappa shape index (κ1) is 13.8. The summed E-state index contributed by atoms with van der Waals surface area (Å²) in [7, 11) is 0. The van der Waals surface area contributed by atoms with Crippen LogP contribution in [0.2, 0.25) is 0 Å². The van der Waals surface area contributed by atoms with Crippen molar-refractivity contribution in [2.45, 2.75) is 32.2 Å². The van der Waals surface area contributed by atoms with Crippen LogP contribution in [0.15, 0.2) is 18.2 Å². The minimum atomic E-state index is -0.199. The fourth-order valence-corrected chi connectivity index (χ4v) is 2.69. The Bertz CT molecular complexity index is 516. The summed E-state index contributed by atoms with van der Waals surface area (Å²) < 4.78 is 0. The summed E-state index contributed by atoms with van der Waals surface area (Å²) in [6.07, 6.45) is 2.76. The second-order valence-electron chi connectivity index (χ2n) is 4.93. The maximum Gasteiger partial charge on any atom is 0.258 e. The molecule has 3 N–H and O–H groups in total. The van der Waals surface area contributed by atoms with E-state index in [1.807, 2.05) is 13.0 Å². The zero-order valence-corrected chi connectivity index (χ0v) is 11.7. The molecule has 1 unspecified atom stereocenters. The third-order valence-electron chi connectivity index (χ3n) is 3.48. The summed E-state index contributed by atoms with van der Waals surface area (Å²) in [6.45, 7) is 2.50. The lowest BCUT2D eigenvalue weighted by Gasteiger charge is -2.35. The van der Waals surface area contributed by atoms with Gasteiger partial charge < -0.3 is 15.7 Å². The molecule has 1 fully saturated rings. The standard InChI is InChI=1S/C14H18N2O2S/c1-9-5-6-10(12(17)8-9)14(18)16-7-3-2-4-11(16)13(15)19/h5-6,8,11,17H,2-4,7H2,1H3,(H2,15,19). The molecular weight excluding hydrogens is 260 g/mol. The van der Waals surface area contributed by atoms with Crippen molar-refractivity contribution < 1.29 is 9.90 Å². The van der Waals surface area contributed by atoms with Crippen molar-refractivity contribution in [3.8, 4) is 5.75 Å². The molecule has 1 aliphatic heterocycles. The average molecular weight is 278 g/mol. The Morgan fingerprint density at radius 1 is 1.47 bits per heavy atom. The highest BCUT2D eigenvalue weighted by atomic mass is 32.1. The lowest BCUT2D eigenvalue weighted by molar-refractivity contribution is 0.0678. The van der Waals surface area contributed by atoms with Crippen molar-refractivity contribution in [3.63, 3.8) is 0 Å². The summed E-state index contributed by atoms with van der Waals surface area (Å²) in [5.74, 6) is -0.188. The van der Waals surface area contributed by atoms with Crippen molar-refractivity contribution >= 4 is 23.1 Å². The second-order valence-corrected chi connectivity index (χ2v) is 5.40. The third kappa shape index (κ3) is 2.87. The molecule has 1 heterocycles. The first-order valence-electron chi connectivity index (χ1n) is 6.40.